The normalized spacial score (nSPS) is 16.2. The molecule has 1 aliphatic heterocycles. The Morgan fingerprint density at radius 3 is 2.48 bits per heavy atom. The highest BCUT2D eigenvalue weighted by Crippen LogP contribution is 2.34. The highest BCUT2D eigenvalue weighted by atomic mass is 32.1. The van der Waals surface area contributed by atoms with Crippen LogP contribution in [0.5, 0.6) is 0 Å². The third-order valence-corrected chi connectivity index (χ3v) is 6.80. The van der Waals surface area contributed by atoms with Gasteiger partial charge < -0.3 is 4.90 Å². The number of rotatable bonds is 4. The highest BCUT2D eigenvalue weighted by molar-refractivity contribution is 7.18. The quantitative estimate of drug-likeness (QED) is 0.505. The van der Waals surface area contributed by atoms with Crippen LogP contribution >= 0.6 is 11.3 Å². The van der Waals surface area contributed by atoms with Gasteiger partial charge in [0.1, 0.15) is 0 Å². The van der Waals surface area contributed by atoms with Crippen LogP contribution in [0, 0.1) is 0 Å². The fourth-order valence-corrected chi connectivity index (χ4v) is 5.20. The van der Waals surface area contributed by atoms with Gasteiger partial charge in [-0.2, -0.15) is 5.10 Å². The summed E-state index contributed by atoms with van der Waals surface area (Å²) in [5, 5.41) is 5.56. The molecule has 4 aromatic rings. The average molecular weight is 403 g/mol. The van der Waals surface area contributed by atoms with E-state index in [1.165, 1.54) is 9.71 Å². The monoisotopic (exact) mass is 402 g/mol. The molecule has 5 nitrogen and oxygen atoms in total. The Bertz CT molecular complexity index is 1070. The van der Waals surface area contributed by atoms with Crippen molar-refractivity contribution >= 4 is 27.5 Å². The summed E-state index contributed by atoms with van der Waals surface area (Å²) in [7, 11) is 0. The number of piperidine rings is 1. The molecule has 0 radical (unpaired) electrons. The summed E-state index contributed by atoms with van der Waals surface area (Å²) in [6.45, 7) is 1.51. The summed E-state index contributed by atoms with van der Waals surface area (Å²) < 4.78 is 3.00. The molecule has 3 heterocycles. The first-order chi connectivity index (χ1) is 14.3. The molecule has 1 aliphatic rings. The third-order valence-electron chi connectivity index (χ3n) is 5.60. The van der Waals surface area contributed by atoms with Crippen molar-refractivity contribution in [1.82, 2.24) is 19.7 Å². The number of hydrogen-bond donors (Lipinski definition) is 0. The molecule has 1 amide bonds. The number of aromatic nitrogens is 3. The molecule has 1 unspecified atom stereocenters. The topological polar surface area (TPSA) is 51.0 Å². The van der Waals surface area contributed by atoms with Gasteiger partial charge in [0.25, 0.3) is 5.91 Å². The van der Waals surface area contributed by atoms with Gasteiger partial charge in [-0.05, 0) is 36.6 Å². The lowest BCUT2D eigenvalue weighted by atomic mass is 9.96. The van der Waals surface area contributed by atoms with Crippen LogP contribution in [-0.4, -0.2) is 38.7 Å². The molecule has 29 heavy (non-hydrogen) atoms. The molecule has 0 saturated carbocycles. The molecule has 146 valence electrons. The van der Waals surface area contributed by atoms with Crippen molar-refractivity contribution in [1.29, 1.82) is 0 Å². The number of hydrogen-bond acceptors (Lipinski definition) is 4. The Labute approximate surface area is 173 Å². The van der Waals surface area contributed by atoms with Gasteiger partial charge in [-0.15, -0.1) is 11.3 Å². The summed E-state index contributed by atoms with van der Waals surface area (Å²) in [5.41, 5.74) is 2.04. The van der Waals surface area contributed by atoms with Gasteiger partial charge in [0.05, 0.1) is 15.2 Å². The van der Waals surface area contributed by atoms with Crippen molar-refractivity contribution in [3.8, 4) is 0 Å². The first-order valence-corrected chi connectivity index (χ1v) is 10.8. The summed E-state index contributed by atoms with van der Waals surface area (Å²) in [5.74, 6) is 0.541. The lowest BCUT2D eigenvalue weighted by molar-refractivity contribution is -0.134. The molecule has 6 heteroatoms. The molecule has 2 aromatic carbocycles. The third kappa shape index (κ3) is 3.56. The van der Waals surface area contributed by atoms with Crippen LogP contribution < -0.4 is 0 Å². The predicted molar refractivity (Wildman–Crippen MR) is 115 cm³/mol. The Morgan fingerprint density at radius 1 is 1.00 bits per heavy atom. The number of benzene rings is 2. The average Bonchev–Trinajstić information content (AvgIpc) is 3.45. The van der Waals surface area contributed by atoms with Gasteiger partial charge in [0, 0.05) is 31.4 Å². The maximum Gasteiger partial charge on any atom is 0.252 e. The Morgan fingerprint density at radius 2 is 1.76 bits per heavy atom. The predicted octanol–water partition coefficient (Wildman–Crippen LogP) is 4.49. The summed E-state index contributed by atoms with van der Waals surface area (Å²) in [6.07, 6.45) is 5.49. The first-order valence-electron chi connectivity index (χ1n) is 9.98. The lowest BCUT2D eigenvalue weighted by Gasteiger charge is -2.33. The Kier molecular flexibility index (Phi) is 4.86. The van der Waals surface area contributed by atoms with Crippen molar-refractivity contribution in [2.75, 3.05) is 13.1 Å². The van der Waals surface area contributed by atoms with Crippen LogP contribution in [0.2, 0.25) is 0 Å². The second-order valence-electron chi connectivity index (χ2n) is 7.42. The number of carbonyl (C=O) groups is 1. The summed E-state index contributed by atoms with van der Waals surface area (Å²) in [6, 6.07) is 19.7. The van der Waals surface area contributed by atoms with Crippen molar-refractivity contribution in [2.24, 2.45) is 0 Å². The maximum atomic E-state index is 13.4. The van der Waals surface area contributed by atoms with Crippen molar-refractivity contribution in [2.45, 2.75) is 24.8 Å². The number of fused-ring (bicyclic) bond motifs is 1. The van der Waals surface area contributed by atoms with Crippen molar-refractivity contribution in [3.63, 3.8) is 0 Å². The minimum atomic E-state index is -0.412. The number of thiazole rings is 1. The Balaban J connectivity index is 1.33. The van der Waals surface area contributed by atoms with Crippen LogP contribution in [0.1, 0.15) is 35.4 Å². The maximum absolute atomic E-state index is 13.4. The van der Waals surface area contributed by atoms with E-state index >= 15 is 0 Å². The Hall–Kier alpha value is -2.99. The van der Waals surface area contributed by atoms with Gasteiger partial charge in [-0.1, -0.05) is 42.5 Å². The van der Waals surface area contributed by atoms with Gasteiger partial charge in [-0.25, -0.2) is 4.98 Å². The lowest BCUT2D eigenvalue weighted by Crippen LogP contribution is -2.42. The van der Waals surface area contributed by atoms with Crippen LogP contribution in [0.25, 0.3) is 10.2 Å². The fraction of sp³-hybridized carbons (Fsp3) is 0.261. The standard InChI is InChI=1S/C23H22N4OS/c28-23(21(27-14-6-13-24-27)17-7-2-1-3-8-17)26-15-11-18(12-16-26)22-25-19-9-4-5-10-20(19)29-22/h1-10,13-14,18,21H,11-12,15-16H2. The molecule has 1 saturated heterocycles. The van der Waals surface area contributed by atoms with E-state index in [0.717, 1.165) is 37.0 Å². The highest BCUT2D eigenvalue weighted by Gasteiger charge is 2.32. The van der Waals surface area contributed by atoms with E-state index < -0.39 is 6.04 Å². The molecular weight excluding hydrogens is 380 g/mol. The SMILES string of the molecule is O=C(C(c1ccccc1)n1cccn1)N1CCC(c2nc3ccccc3s2)CC1. The second kappa shape index (κ2) is 7.79. The minimum Gasteiger partial charge on any atom is -0.340 e. The first kappa shape index (κ1) is 18.1. The van der Waals surface area contributed by atoms with Gasteiger partial charge in [-0.3, -0.25) is 9.48 Å². The largest absolute Gasteiger partial charge is 0.340 e. The fourth-order valence-electron chi connectivity index (χ4n) is 4.06. The van der Waals surface area contributed by atoms with Crippen LogP contribution in [0.3, 0.4) is 0 Å². The van der Waals surface area contributed by atoms with E-state index in [1.807, 2.05) is 53.6 Å². The van der Waals surface area contributed by atoms with Gasteiger partial charge in [0.2, 0.25) is 0 Å². The summed E-state index contributed by atoms with van der Waals surface area (Å²) in [4.78, 5) is 20.3. The van der Waals surface area contributed by atoms with Crippen LogP contribution in [0.15, 0.2) is 73.1 Å². The number of amides is 1. The molecule has 0 bridgehead atoms. The van der Waals surface area contributed by atoms with E-state index in [-0.39, 0.29) is 5.91 Å². The van der Waals surface area contributed by atoms with Crippen molar-refractivity contribution in [3.05, 3.63) is 83.6 Å². The molecule has 2 aromatic heterocycles. The minimum absolute atomic E-state index is 0.114. The molecule has 0 spiro atoms. The zero-order valence-corrected chi connectivity index (χ0v) is 16.8. The smallest absolute Gasteiger partial charge is 0.252 e. The number of likely N-dealkylation sites (tertiary alicyclic amines) is 1. The molecule has 1 fully saturated rings. The molecular formula is C23H22N4OS. The summed E-state index contributed by atoms with van der Waals surface area (Å²) >= 11 is 1.79. The second-order valence-corrected chi connectivity index (χ2v) is 8.48. The zero-order chi connectivity index (χ0) is 19.6. The molecule has 0 N–H and O–H groups in total. The van der Waals surface area contributed by atoms with Gasteiger partial charge >= 0.3 is 0 Å². The molecule has 1 atom stereocenters. The van der Waals surface area contributed by atoms with E-state index in [2.05, 4.69) is 23.3 Å². The van der Waals surface area contributed by atoms with Crippen LogP contribution in [-0.2, 0) is 4.79 Å². The van der Waals surface area contributed by atoms with E-state index in [0.29, 0.717) is 5.92 Å². The van der Waals surface area contributed by atoms with E-state index in [4.69, 9.17) is 4.98 Å². The number of carbonyl (C=O) groups excluding carboxylic acids is 1. The number of para-hydroxylation sites is 1. The van der Waals surface area contributed by atoms with E-state index in [1.54, 1.807) is 22.2 Å². The molecule has 5 rings (SSSR count). The zero-order valence-electron chi connectivity index (χ0n) is 16.0. The van der Waals surface area contributed by atoms with E-state index in [9.17, 15) is 4.79 Å². The van der Waals surface area contributed by atoms with Gasteiger partial charge in [0.15, 0.2) is 6.04 Å². The molecule has 0 aliphatic carbocycles. The number of nitrogens with zero attached hydrogens (tertiary/aromatic N) is 4. The van der Waals surface area contributed by atoms with Crippen molar-refractivity contribution < 1.29 is 4.79 Å². The van der Waals surface area contributed by atoms with Crippen LogP contribution in [0.4, 0.5) is 0 Å².